The van der Waals surface area contributed by atoms with E-state index in [2.05, 4.69) is 40.5 Å². The van der Waals surface area contributed by atoms with Crippen molar-refractivity contribution in [3.63, 3.8) is 0 Å². The van der Waals surface area contributed by atoms with E-state index in [1.807, 2.05) is 0 Å². The Hall–Kier alpha value is -2.31. The minimum Gasteiger partial charge on any atom is -0.481 e. The number of nitrogens with one attached hydrogen (secondary N) is 1. The second-order valence-electron chi connectivity index (χ2n) is 8.34. The van der Waals surface area contributed by atoms with E-state index in [1.165, 1.54) is 24.3 Å². The largest absolute Gasteiger partial charge is 0.481 e. The first-order valence-corrected chi connectivity index (χ1v) is 12.6. The number of hydroxylamine groups is 1. The predicted molar refractivity (Wildman–Crippen MR) is 137 cm³/mol. The molecule has 1 saturated heterocycles. The summed E-state index contributed by atoms with van der Waals surface area (Å²) in [5, 5.41) is 9.25. The quantitative estimate of drug-likeness (QED) is 0.284. The number of amides is 1. The molecule has 9 nitrogen and oxygen atoms in total. The normalized spacial score (nSPS) is 15.3. The number of benzene rings is 1. The lowest BCUT2D eigenvalue weighted by Crippen LogP contribution is -2.51. The number of carbonyl (C=O) groups excluding carboxylic acids is 1. The van der Waals surface area contributed by atoms with Crippen molar-refractivity contribution in [2.75, 3.05) is 52.9 Å². The summed E-state index contributed by atoms with van der Waals surface area (Å²) < 4.78 is 33.5. The van der Waals surface area contributed by atoms with Crippen molar-refractivity contribution in [3.8, 4) is 29.4 Å². The number of hydrogen-bond acceptors (Lipinski definition) is 7. The molecule has 1 aliphatic heterocycles. The summed E-state index contributed by atoms with van der Waals surface area (Å²) in [6, 6.07) is 4.78. The molecular formula is C24H35ClN4O5S. The molecule has 1 heterocycles. The third-order valence-corrected chi connectivity index (χ3v) is 7.34. The summed E-state index contributed by atoms with van der Waals surface area (Å²) >= 11 is 0. The Kier molecular flexibility index (Phi) is 13.1. The zero-order chi connectivity index (χ0) is 25.1. The average Bonchev–Trinajstić information content (AvgIpc) is 2.82. The molecule has 1 aromatic rings. The van der Waals surface area contributed by atoms with Crippen LogP contribution in [-0.2, 0) is 14.8 Å². The zero-order valence-corrected chi connectivity index (χ0v) is 22.3. The molecule has 1 aliphatic rings. The SMILES string of the molecule is CC#CCOc1ccc(S(=O)(=O)N(CC#CCN2CCN(C)CC2)C(C(=O)NO)C(C)C)cc1.Cl. The maximum Gasteiger partial charge on any atom is 0.262 e. The van der Waals surface area contributed by atoms with Gasteiger partial charge in [0, 0.05) is 26.2 Å². The number of hydrogen-bond donors (Lipinski definition) is 2. The van der Waals surface area contributed by atoms with E-state index in [9.17, 15) is 18.4 Å². The fourth-order valence-corrected chi connectivity index (χ4v) is 5.13. The smallest absolute Gasteiger partial charge is 0.262 e. The minimum absolute atomic E-state index is 0. The van der Waals surface area contributed by atoms with Gasteiger partial charge in [-0.1, -0.05) is 31.6 Å². The molecule has 35 heavy (non-hydrogen) atoms. The van der Waals surface area contributed by atoms with Gasteiger partial charge >= 0.3 is 0 Å². The topological polar surface area (TPSA) is 102 Å². The number of likely N-dealkylation sites (N-methyl/N-ethyl adjacent to an activating group) is 1. The summed E-state index contributed by atoms with van der Waals surface area (Å²) in [4.78, 5) is 16.9. The van der Waals surface area contributed by atoms with Crippen LogP contribution in [0.5, 0.6) is 5.75 Å². The molecule has 0 bridgehead atoms. The van der Waals surface area contributed by atoms with Gasteiger partial charge in [-0.3, -0.25) is 14.9 Å². The molecule has 1 aromatic carbocycles. The highest BCUT2D eigenvalue weighted by Gasteiger charge is 2.37. The summed E-state index contributed by atoms with van der Waals surface area (Å²) in [5.74, 6) is 10.7. The standard InChI is InChI=1S/C24H34N4O5S.ClH/c1-5-6-19-33-21-9-11-22(12-10-21)34(31,32)28(23(20(2)3)24(29)25-30)14-8-7-13-27-17-15-26(4)16-18-27;/h9-12,20,23,30H,13-19H2,1-4H3,(H,25,29);1H. The highest BCUT2D eigenvalue weighted by molar-refractivity contribution is 7.89. The highest BCUT2D eigenvalue weighted by Crippen LogP contribution is 2.24. The Balaban J connectivity index is 0.00000612. The van der Waals surface area contributed by atoms with Gasteiger partial charge < -0.3 is 9.64 Å². The van der Waals surface area contributed by atoms with E-state index in [-0.39, 0.29) is 30.5 Å². The molecule has 0 radical (unpaired) electrons. The summed E-state index contributed by atoms with van der Waals surface area (Å²) in [7, 11) is -2.03. The van der Waals surface area contributed by atoms with Gasteiger partial charge in [-0.25, -0.2) is 13.9 Å². The third-order valence-electron chi connectivity index (χ3n) is 5.50. The van der Waals surface area contributed by atoms with Crippen molar-refractivity contribution in [2.45, 2.75) is 31.7 Å². The first kappa shape index (κ1) is 30.7. The van der Waals surface area contributed by atoms with Crippen LogP contribution in [0.2, 0.25) is 0 Å². The molecule has 1 amide bonds. The molecule has 1 unspecified atom stereocenters. The summed E-state index contributed by atoms with van der Waals surface area (Å²) in [6.07, 6.45) is 0. The summed E-state index contributed by atoms with van der Waals surface area (Å²) in [5.41, 5.74) is 1.60. The second-order valence-corrected chi connectivity index (χ2v) is 10.2. The fourth-order valence-electron chi connectivity index (χ4n) is 3.51. The first-order valence-electron chi connectivity index (χ1n) is 11.2. The monoisotopic (exact) mass is 526 g/mol. The Morgan fingerprint density at radius 2 is 1.77 bits per heavy atom. The number of carbonyl (C=O) groups is 1. The van der Waals surface area contributed by atoms with Gasteiger partial charge in [0.15, 0.2) is 0 Å². The maximum atomic E-state index is 13.5. The van der Waals surface area contributed by atoms with E-state index in [0.29, 0.717) is 12.3 Å². The molecule has 1 atom stereocenters. The Labute approximate surface area is 215 Å². The van der Waals surface area contributed by atoms with Crippen LogP contribution in [-0.4, -0.2) is 92.6 Å². The number of piperazine rings is 1. The average molecular weight is 527 g/mol. The first-order chi connectivity index (χ1) is 16.2. The lowest BCUT2D eigenvalue weighted by atomic mass is 10.0. The van der Waals surface area contributed by atoms with Gasteiger partial charge in [0.05, 0.1) is 18.0 Å². The van der Waals surface area contributed by atoms with E-state index in [0.717, 1.165) is 30.5 Å². The van der Waals surface area contributed by atoms with E-state index in [4.69, 9.17) is 4.74 Å². The van der Waals surface area contributed by atoms with Crippen molar-refractivity contribution in [1.82, 2.24) is 19.6 Å². The molecule has 2 rings (SSSR count). The van der Waals surface area contributed by atoms with Crippen LogP contribution in [0, 0.1) is 29.6 Å². The van der Waals surface area contributed by atoms with Gasteiger partial charge in [0.2, 0.25) is 10.0 Å². The Morgan fingerprint density at radius 1 is 1.14 bits per heavy atom. The van der Waals surface area contributed by atoms with Crippen molar-refractivity contribution in [3.05, 3.63) is 24.3 Å². The zero-order valence-electron chi connectivity index (χ0n) is 20.7. The molecule has 1 fully saturated rings. The lowest BCUT2D eigenvalue weighted by molar-refractivity contribution is -0.134. The van der Waals surface area contributed by atoms with Gasteiger partial charge in [-0.2, -0.15) is 4.31 Å². The van der Waals surface area contributed by atoms with Gasteiger partial charge in [-0.15, -0.1) is 18.3 Å². The van der Waals surface area contributed by atoms with Gasteiger partial charge in [0.1, 0.15) is 18.4 Å². The van der Waals surface area contributed by atoms with Crippen LogP contribution < -0.4 is 10.2 Å². The van der Waals surface area contributed by atoms with Crippen LogP contribution in [0.15, 0.2) is 29.2 Å². The van der Waals surface area contributed by atoms with E-state index in [1.54, 1.807) is 26.3 Å². The Morgan fingerprint density at radius 3 is 2.31 bits per heavy atom. The molecule has 11 heteroatoms. The maximum absolute atomic E-state index is 13.5. The lowest BCUT2D eigenvalue weighted by Gasteiger charge is -2.31. The fraction of sp³-hybridized carbons (Fsp3) is 0.542. The number of sulfonamides is 1. The van der Waals surface area contributed by atoms with Crippen LogP contribution in [0.25, 0.3) is 0 Å². The third kappa shape index (κ3) is 9.01. The van der Waals surface area contributed by atoms with Crippen LogP contribution in [0.3, 0.4) is 0 Å². The number of halogens is 1. The van der Waals surface area contributed by atoms with Crippen molar-refractivity contribution in [1.29, 1.82) is 0 Å². The number of nitrogens with zero attached hydrogens (tertiary/aromatic N) is 3. The second kappa shape index (κ2) is 14.9. The van der Waals surface area contributed by atoms with E-state index < -0.39 is 27.9 Å². The highest BCUT2D eigenvalue weighted by atomic mass is 35.5. The molecule has 0 saturated carbocycles. The van der Waals surface area contributed by atoms with Crippen LogP contribution in [0.4, 0.5) is 0 Å². The molecular weight excluding hydrogens is 492 g/mol. The van der Waals surface area contributed by atoms with Gasteiger partial charge in [0.25, 0.3) is 5.91 Å². The molecule has 0 aromatic heterocycles. The van der Waals surface area contributed by atoms with E-state index >= 15 is 0 Å². The molecule has 2 N–H and O–H groups in total. The van der Waals surface area contributed by atoms with Gasteiger partial charge in [-0.05, 0) is 44.2 Å². The van der Waals surface area contributed by atoms with Crippen LogP contribution in [0.1, 0.15) is 20.8 Å². The summed E-state index contributed by atoms with van der Waals surface area (Å²) in [6.45, 7) is 9.37. The molecule has 0 aliphatic carbocycles. The van der Waals surface area contributed by atoms with Crippen molar-refractivity contribution >= 4 is 28.3 Å². The minimum atomic E-state index is -4.10. The van der Waals surface area contributed by atoms with Crippen molar-refractivity contribution < 1.29 is 23.2 Å². The van der Waals surface area contributed by atoms with Crippen LogP contribution >= 0.6 is 12.4 Å². The predicted octanol–water partition coefficient (Wildman–Crippen LogP) is 1.28. The number of rotatable bonds is 9. The van der Waals surface area contributed by atoms with Crippen molar-refractivity contribution in [2.24, 2.45) is 5.92 Å². The molecule has 194 valence electrons. The number of ether oxygens (including phenoxy) is 1. The molecule has 0 spiro atoms. The Bertz CT molecular complexity index is 1030.